The van der Waals surface area contributed by atoms with Crippen LogP contribution in [0.25, 0.3) is 0 Å². The molecular weight excluding hydrogens is 502 g/mol. The fourth-order valence-corrected chi connectivity index (χ4v) is 5.93. The third-order valence-electron chi connectivity index (χ3n) is 6.09. The van der Waals surface area contributed by atoms with E-state index in [-0.39, 0.29) is 12.8 Å². The second-order valence-electron chi connectivity index (χ2n) is 8.65. The zero-order valence-corrected chi connectivity index (χ0v) is 21.4. The van der Waals surface area contributed by atoms with Gasteiger partial charge in [-0.2, -0.15) is 0 Å². The van der Waals surface area contributed by atoms with Crippen LogP contribution in [0.5, 0.6) is 0 Å². The maximum absolute atomic E-state index is 14.9. The zero-order valence-electron chi connectivity index (χ0n) is 18.9. The van der Waals surface area contributed by atoms with Crippen molar-refractivity contribution in [3.05, 3.63) is 0 Å². The Kier molecular flexibility index (Phi) is 10.9. The summed E-state index contributed by atoms with van der Waals surface area (Å²) in [6, 6.07) is -1.62. The van der Waals surface area contributed by atoms with E-state index in [1.807, 2.05) is 6.92 Å². The highest BCUT2D eigenvalue weighted by atomic mass is 35.5. The topological polar surface area (TPSA) is 158 Å². The fraction of sp³-hybridized carbons (Fsp3) is 0.947. The normalized spacial score (nSPS) is 37.7. The number of thioether (sulfide) groups is 1. The quantitative estimate of drug-likeness (QED) is 0.186. The molecule has 2 saturated heterocycles. The van der Waals surface area contributed by atoms with Crippen LogP contribution >= 0.6 is 31.2 Å². The van der Waals surface area contributed by atoms with Gasteiger partial charge in [0.2, 0.25) is 5.91 Å². The molecule has 0 aromatic carbocycles. The van der Waals surface area contributed by atoms with E-state index >= 15 is 0 Å². The van der Waals surface area contributed by atoms with E-state index in [9.17, 15) is 24.0 Å². The van der Waals surface area contributed by atoms with Crippen LogP contribution < -0.4 is 10.6 Å². The minimum atomic E-state index is -4.97. The summed E-state index contributed by atoms with van der Waals surface area (Å²) >= 11 is 7.31. The van der Waals surface area contributed by atoms with E-state index in [4.69, 9.17) is 26.1 Å². The Balaban J connectivity index is 2.13. The molecule has 0 spiro atoms. The first-order valence-corrected chi connectivity index (χ1v) is 14.2. The summed E-state index contributed by atoms with van der Waals surface area (Å²) < 4.78 is 36.6. The van der Waals surface area contributed by atoms with Gasteiger partial charge in [0.25, 0.3) is 0 Å². The summed E-state index contributed by atoms with van der Waals surface area (Å²) in [6.07, 6.45) is -2.49. The van der Waals surface area contributed by atoms with E-state index < -0.39 is 66.7 Å². The van der Waals surface area contributed by atoms with Gasteiger partial charge in [-0.05, 0) is 45.4 Å². The molecule has 0 aliphatic carbocycles. The third kappa shape index (κ3) is 7.99. The predicted molar refractivity (Wildman–Crippen MR) is 123 cm³/mol. The molecule has 2 heterocycles. The molecule has 33 heavy (non-hydrogen) atoms. The summed E-state index contributed by atoms with van der Waals surface area (Å²) in [7, 11) is -4.97. The van der Waals surface area contributed by atoms with Gasteiger partial charge in [0.1, 0.15) is 35.5 Å². The van der Waals surface area contributed by atoms with Crippen LogP contribution in [0.3, 0.4) is 0 Å². The van der Waals surface area contributed by atoms with Gasteiger partial charge < -0.3 is 35.4 Å². The molecule has 0 aromatic heterocycles. The number of carbonyl (C=O) groups is 1. The summed E-state index contributed by atoms with van der Waals surface area (Å²) in [4.78, 5) is 31.2. The molecular formula is C19H35ClFN2O8PS. The number of rotatable bonds is 9. The highest BCUT2D eigenvalue weighted by molar-refractivity contribution is 7.99. The lowest BCUT2D eigenvalue weighted by atomic mass is 9.90. The minimum Gasteiger partial charge on any atom is -0.388 e. The molecule has 2 aliphatic heterocycles. The third-order valence-corrected chi connectivity index (χ3v) is 7.72. The Morgan fingerprint density at radius 1 is 1.39 bits per heavy atom. The number of amides is 1. The molecule has 2 rings (SSSR count). The van der Waals surface area contributed by atoms with E-state index in [1.165, 1.54) is 0 Å². The highest BCUT2D eigenvalue weighted by Gasteiger charge is 2.51. The highest BCUT2D eigenvalue weighted by Crippen LogP contribution is 2.43. The summed E-state index contributed by atoms with van der Waals surface area (Å²) in [5.74, 6) is -0.437. The monoisotopic (exact) mass is 536 g/mol. The molecule has 194 valence electrons. The molecule has 2 fully saturated rings. The van der Waals surface area contributed by atoms with Crippen LogP contribution in [-0.2, 0) is 18.6 Å². The van der Waals surface area contributed by atoms with E-state index in [2.05, 4.69) is 15.2 Å². The molecule has 0 radical (unpaired) electrons. The average Bonchev–Trinajstić information content (AvgIpc) is 2.91. The number of aliphatic hydroxyl groups excluding tert-OH is 2. The SMILES string of the molecule is CCCC1(F)CCN[C@H](C(=O)N[C@@H]([C@H]2O[C@H](SC)[C@H](OP(=O)(O)O)[C@@H](O)[C@H]2O)[C@H](C)Cl)CC1. The maximum atomic E-state index is 14.9. The van der Waals surface area contributed by atoms with E-state index in [0.29, 0.717) is 25.8 Å². The molecule has 2 aliphatic rings. The zero-order chi connectivity index (χ0) is 25.0. The van der Waals surface area contributed by atoms with Gasteiger partial charge in [0, 0.05) is 0 Å². The molecule has 9 atom stereocenters. The van der Waals surface area contributed by atoms with Gasteiger partial charge in [-0.3, -0.25) is 9.32 Å². The maximum Gasteiger partial charge on any atom is 0.470 e. The van der Waals surface area contributed by atoms with Crippen molar-refractivity contribution in [2.24, 2.45) is 0 Å². The number of phosphoric acid groups is 1. The minimum absolute atomic E-state index is 0.240. The lowest BCUT2D eigenvalue weighted by molar-refractivity contribution is -0.201. The van der Waals surface area contributed by atoms with Crippen LogP contribution in [0, 0.1) is 0 Å². The van der Waals surface area contributed by atoms with Crippen molar-refractivity contribution in [1.82, 2.24) is 10.6 Å². The summed E-state index contributed by atoms with van der Waals surface area (Å²) in [5.41, 5.74) is -2.37. The number of ether oxygens (including phenoxy) is 1. The van der Waals surface area contributed by atoms with Crippen molar-refractivity contribution in [3.63, 3.8) is 0 Å². The average molecular weight is 537 g/mol. The molecule has 10 nitrogen and oxygen atoms in total. The first-order chi connectivity index (χ1) is 15.3. The van der Waals surface area contributed by atoms with Crippen LogP contribution in [0.1, 0.15) is 46.0 Å². The van der Waals surface area contributed by atoms with Gasteiger partial charge in [-0.25, -0.2) is 8.96 Å². The number of hydrogen-bond donors (Lipinski definition) is 6. The molecule has 0 aromatic rings. The van der Waals surface area contributed by atoms with Crippen molar-refractivity contribution in [2.45, 2.75) is 98.9 Å². The molecule has 1 amide bonds. The van der Waals surface area contributed by atoms with E-state index in [0.717, 1.165) is 11.8 Å². The van der Waals surface area contributed by atoms with Gasteiger partial charge in [0.05, 0.1) is 17.5 Å². The van der Waals surface area contributed by atoms with Crippen LogP contribution in [0.15, 0.2) is 0 Å². The largest absolute Gasteiger partial charge is 0.470 e. The van der Waals surface area contributed by atoms with Crippen molar-refractivity contribution in [3.8, 4) is 0 Å². The smallest absolute Gasteiger partial charge is 0.388 e. The Bertz CT molecular complexity index is 705. The lowest BCUT2D eigenvalue weighted by Gasteiger charge is -2.45. The number of aliphatic hydroxyl groups is 2. The standard InChI is InChI=1S/C19H35ClFN2O8PS/c1-4-6-19(21)7-5-11(22-9-8-19)17(26)23-12(10(2)20)15-13(24)14(25)16(18(30-15)33-3)31-32(27,28)29/h10-16,18,22,24-25H,4-9H2,1-3H3,(H,23,26)(H2,27,28,29)/t10-,11-,12+,13+,14-,15+,16+,18+,19?/m0/s1. The Morgan fingerprint density at radius 2 is 2.06 bits per heavy atom. The number of alkyl halides is 2. The Morgan fingerprint density at radius 3 is 2.61 bits per heavy atom. The number of nitrogens with one attached hydrogen (secondary N) is 2. The summed E-state index contributed by atoms with van der Waals surface area (Å²) in [5, 5.41) is 26.2. The van der Waals surface area contributed by atoms with Crippen molar-refractivity contribution >= 4 is 37.1 Å². The first kappa shape index (κ1) is 29.2. The van der Waals surface area contributed by atoms with Crippen molar-refractivity contribution < 1.29 is 43.0 Å². The van der Waals surface area contributed by atoms with Crippen LogP contribution in [0.4, 0.5) is 4.39 Å². The Labute approximate surface area is 202 Å². The number of phosphoric ester groups is 1. The molecule has 14 heteroatoms. The van der Waals surface area contributed by atoms with Gasteiger partial charge in [-0.1, -0.05) is 13.3 Å². The second kappa shape index (κ2) is 12.3. The van der Waals surface area contributed by atoms with Gasteiger partial charge >= 0.3 is 7.82 Å². The fourth-order valence-electron chi connectivity index (χ4n) is 4.37. The molecule has 0 bridgehead atoms. The lowest BCUT2D eigenvalue weighted by Crippen LogP contribution is -2.65. The molecule has 1 unspecified atom stereocenters. The number of hydrogen-bond acceptors (Lipinski definition) is 8. The Hall–Kier alpha value is -0.0100. The van der Waals surface area contributed by atoms with Crippen molar-refractivity contribution in [1.29, 1.82) is 0 Å². The van der Waals surface area contributed by atoms with E-state index in [1.54, 1.807) is 13.2 Å². The van der Waals surface area contributed by atoms with Gasteiger partial charge in [-0.15, -0.1) is 23.4 Å². The van der Waals surface area contributed by atoms with Crippen LogP contribution in [-0.4, -0.2) is 91.7 Å². The van der Waals surface area contributed by atoms with Crippen molar-refractivity contribution in [2.75, 3.05) is 12.8 Å². The number of halogens is 2. The molecule has 0 saturated carbocycles. The van der Waals surface area contributed by atoms with Crippen LogP contribution in [0.2, 0.25) is 0 Å². The predicted octanol–water partition coefficient (Wildman–Crippen LogP) is 1.04. The number of carbonyl (C=O) groups excluding carboxylic acids is 1. The van der Waals surface area contributed by atoms with Gasteiger partial charge in [0.15, 0.2) is 0 Å². The second-order valence-corrected chi connectivity index (χ2v) is 11.5. The molecule has 6 N–H and O–H groups in total. The first-order valence-electron chi connectivity index (χ1n) is 11.0. The summed E-state index contributed by atoms with van der Waals surface area (Å²) in [6.45, 7) is 3.83.